The normalized spacial score (nSPS) is 13.1. The van der Waals surface area contributed by atoms with E-state index in [9.17, 15) is 4.79 Å². The molecule has 0 saturated carbocycles. The maximum Gasteiger partial charge on any atom is 0.227 e. The molecule has 100 valence electrons. The fraction of sp³-hybridized carbons (Fsp3) is 0.533. The number of nitrogens with one attached hydrogen (secondary N) is 1. The Labute approximate surface area is 110 Å². The number of hydrogen-bond donors (Lipinski definition) is 2. The number of carbonyl (C=O) groups excluding carboxylic acids is 1. The van der Waals surface area contributed by atoms with Crippen molar-refractivity contribution in [3.63, 3.8) is 0 Å². The fourth-order valence-corrected chi connectivity index (χ4v) is 2.13. The first-order valence-corrected chi connectivity index (χ1v) is 6.65. The van der Waals surface area contributed by atoms with Crippen LogP contribution in [0, 0.1) is 5.41 Å². The Kier molecular flexibility index (Phi) is 5.35. The highest BCUT2D eigenvalue weighted by Gasteiger charge is 2.33. The molecule has 3 N–H and O–H groups in total. The quantitative estimate of drug-likeness (QED) is 0.813. The van der Waals surface area contributed by atoms with E-state index in [-0.39, 0.29) is 11.9 Å². The van der Waals surface area contributed by atoms with Crippen LogP contribution in [0.2, 0.25) is 0 Å². The van der Waals surface area contributed by atoms with Crippen LogP contribution in [0.4, 0.5) is 0 Å². The van der Waals surface area contributed by atoms with Gasteiger partial charge in [-0.05, 0) is 25.3 Å². The van der Waals surface area contributed by atoms with Crippen LogP contribution in [0.15, 0.2) is 30.3 Å². The molecule has 0 saturated heterocycles. The van der Waals surface area contributed by atoms with Gasteiger partial charge in [-0.3, -0.25) is 4.79 Å². The first-order chi connectivity index (χ1) is 8.59. The third-order valence-electron chi connectivity index (χ3n) is 3.87. The lowest BCUT2D eigenvalue weighted by molar-refractivity contribution is -0.131. The Morgan fingerprint density at radius 2 is 1.83 bits per heavy atom. The zero-order chi connectivity index (χ0) is 13.6. The second-order valence-corrected chi connectivity index (χ2v) is 4.80. The van der Waals surface area contributed by atoms with Crippen molar-refractivity contribution in [1.82, 2.24) is 5.32 Å². The van der Waals surface area contributed by atoms with E-state index in [4.69, 9.17) is 5.73 Å². The predicted octanol–water partition coefficient (Wildman–Crippen LogP) is 2.63. The van der Waals surface area contributed by atoms with Gasteiger partial charge in [-0.25, -0.2) is 0 Å². The molecule has 0 radical (unpaired) electrons. The minimum atomic E-state index is -0.428. The summed E-state index contributed by atoms with van der Waals surface area (Å²) in [4.78, 5) is 12.4. The predicted molar refractivity (Wildman–Crippen MR) is 75.1 cm³/mol. The minimum absolute atomic E-state index is 0.0164. The summed E-state index contributed by atoms with van der Waals surface area (Å²) in [6, 6.07) is 9.99. The first-order valence-electron chi connectivity index (χ1n) is 6.65. The smallest absolute Gasteiger partial charge is 0.227 e. The Hall–Kier alpha value is -1.35. The highest BCUT2D eigenvalue weighted by atomic mass is 16.2. The molecule has 3 heteroatoms. The van der Waals surface area contributed by atoms with Crippen molar-refractivity contribution in [3.05, 3.63) is 35.9 Å². The van der Waals surface area contributed by atoms with Gasteiger partial charge in [0.15, 0.2) is 0 Å². The molecule has 1 aromatic carbocycles. The SMILES string of the molecule is CCC(CC)(CN)C(=O)N[C@H](C)c1ccccc1. The molecule has 0 aliphatic heterocycles. The molecule has 0 fully saturated rings. The average molecular weight is 248 g/mol. The molecule has 0 aliphatic carbocycles. The van der Waals surface area contributed by atoms with Gasteiger partial charge in [0, 0.05) is 6.54 Å². The monoisotopic (exact) mass is 248 g/mol. The maximum atomic E-state index is 12.4. The summed E-state index contributed by atoms with van der Waals surface area (Å²) in [7, 11) is 0. The molecule has 0 spiro atoms. The number of carbonyl (C=O) groups is 1. The molecular weight excluding hydrogens is 224 g/mol. The molecule has 1 rings (SSSR count). The van der Waals surface area contributed by atoms with Crippen molar-refractivity contribution in [2.24, 2.45) is 11.1 Å². The highest BCUT2D eigenvalue weighted by molar-refractivity contribution is 5.83. The molecule has 3 nitrogen and oxygen atoms in total. The lowest BCUT2D eigenvalue weighted by Crippen LogP contribution is -2.46. The van der Waals surface area contributed by atoms with Crippen LogP contribution in [0.1, 0.15) is 45.2 Å². The zero-order valence-electron chi connectivity index (χ0n) is 11.6. The minimum Gasteiger partial charge on any atom is -0.349 e. The molecule has 1 amide bonds. The molecule has 0 unspecified atom stereocenters. The first kappa shape index (κ1) is 14.7. The van der Waals surface area contributed by atoms with Gasteiger partial charge in [-0.1, -0.05) is 44.2 Å². The highest BCUT2D eigenvalue weighted by Crippen LogP contribution is 2.26. The van der Waals surface area contributed by atoms with Crippen LogP contribution in [-0.2, 0) is 4.79 Å². The van der Waals surface area contributed by atoms with Crippen molar-refractivity contribution in [1.29, 1.82) is 0 Å². The van der Waals surface area contributed by atoms with Crippen LogP contribution in [0.25, 0.3) is 0 Å². The summed E-state index contributed by atoms with van der Waals surface area (Å²) in [6.07, 6.45) is 1.54. The third-order valence-corrected chi connectivity index (χ3v) is 3.87. The van der Waals surface area contributed by atoms with Crippen molar-refractivity contribution >= 4 is 5.91 Å². The van der Waals surface area contributed by atoms with E-state index < -0.39 is 5.41 Å². The summed E-state index contributed by atoms with van der Waals surface area (Å²) in [5.41, 5.74) is 6.47. The van der Waals surface area contributed by atoms with Crippen LogP contribution >= 0.6 is 0 Å². The lowest BCUT2D eigenvalue weighted by atomic mass is 9.81. The van der Waals surface area contributed by atoms with E-state index in [0.29, 0.717) is 6.54 Å². The summed E-state index contributed by atoms with van der Waals surface area (Å²) < 4.78 is 0. The molecular formula is C15H24N2O. The molecule has 18 heavy (non-hydrogen) atoms. The summed E-state index contributed by atoms with van der Waals surface area (Å²) in [5, 5.41) is 3.07. The summed E-state index contributed by atoms with van der Waals surface area (Å²) >= 11 is 0. The summed E-state index contributed by atoms with van der Waals surface area (Å²) in [6.45, 7) is 6.43. The van der Waals surface area contributed by atoms with Gasteiger partial charge in [0.05, 0.1) is 11.5 Å². The van der Waals surface area contributed by atoms with Gasteiger partial charge in [0.2, 0.25) is 5.91 Å². The van der Waals surface area contributed by atoms with E-state index in [1.807, 2.05) is 51.1 Å². The second-order valence-electron chi connectivity index (χ2n) is 4.80. The van der Waals surface area contributed by atoms with Crippen LogP contribution in [0.3, 0.4) is 0 Å². The van der Waals surface area contributed by atoms with E-state index in [0.717, 1.165) is 18.4 Å². The molecule has 0 aliphatic rings. The lowest BCUT2D eigenvalue weighted by Gasteiger charge is -2.30. The molecule has 1 atom stereocenters. The van der Waals surface area contributed by atoms with Crippen LogP contribution in [0.5, 0.6) is 0 Å². The fourth-order valence-electron chi connectivity index (χ4n) is 2.13. The number of rotatable bonds is 6. The van der Waals surface area contributed by atoms with E-state index >= 15 is 0 Å². The number of nitrogens with two attached hydrogens (primary N) is 1. The van der Waals surface area contributed by atoms with Crippen LogP contribution < -0.4 is 11.1 Å². The van der Waals surface area contributed by atoms with Crippen molar-refractivity contribution in [3.8, 4) is 0 Å². The van der Waals surface area contributed by atoms with Gasteiger partial charge < -0.3 is 11.1 Å². The topological polar surface area (TPSA) is 55.1 Å². The van der Waals surface area contributed by atoms with Gasteiger partial charge in [-0.2, -0.15) is 0 Å². The van der Waals surface area contributed by atoms with E-state index in [1.165, 1.54) is 0 Å². The Morgan fingerprint density at radius 3 is 2.28 bits per heavy atom. The molecule has 0 heterocycles. The maximum absolute atomic E-state index is 12.4. The number of amides is 1. The molecule has 1 aromatic rings. The van der Waals surface area contributed by atoms with Crippen molar-refractivity contribution in [2.45, 2.75) is 39.7 Å². The van der Waals surface area contributed by atoms with Gasteiger partial charge in [-0.15, -0.1) is 0 Å². The third kappa shape index (κ3) is 3.10. The molecule has 0 bridgehead atoms. The van der Waals surface area contributed by atoms with Gasteiger partial charge in [0.1, 0.15) is 0 Å². The average Bonchev–Trinajstić information content (AvgIpc) is 2.42. The zero-order valence-corrected chi connectivity index (χ0v) is 11.6. The van der Waals surface area contributed by atoms with Crippen molar-refractivity contribution < 1.29 is 4.79 Å². The Bertz CT molecular complexity index is 363. The summed E-state index contributed by atoms with van der Waals surface area (Å²) in [5.74, 6) is 0.0614. The largest absolute Gasteiger partial charge is 0.349 e. The number of hydrogen-bond acceptors (Lipinski definition) is 2. The Morgan fingerprint density at radius 1 is 1.28 bits per heavy atom. The van der Waals surface area contributed by atoms with E-state index in [2.05, 4.69) is 5.32 Å². The van der Waals surface area contributed by atoms with Crippen molar-refractivity contribution in [2.75, 3.05) is 6.54 Å². The second kappa shape index (κ2) is 6.55. The van der Waals surface area contributed by atoms with Crippen LogP contribution in [-0.4, -0.2) is 12.5 Å². The van der Waals surface area contributed by atoms with Gasteiger partial charge in [0.25, 0.3) is 0 Å². The number of benzene rings is 1. The Balaban J connectivity index is 2.75. The standard InChI is InChI=1S/C15H24N2O/c1-4-15(5-2,11-16)14(18)17-12(3)13-9-7-6-8-10-13/h6-10,12H,4-5,11,16H2,1-3H3,(H,17,18)/t12-/m1/s1. The van der Waals surface area contributed by atoms with Gasteiger partial charge >= 0.3 is 0 Å². The molecule has 0 aromatic heterocycles. The van der Waals surface area contributed by atoms with E-state index in [1.54, 1.807) is 0 Å².